The molecule has 0 bridgehead atoms. The van der Waals surface area contributed by atoms with Crippen molar-refractivity contribution >= 4 is 11.3 Å². The number of hydrogen-bond donors (Lipinski definition) is 1. The zero-order chi connectivity index (χ0) is 10.8. The minimum absolute atomic E-state index is 0.228. The van der Waals surface area contributed by atoms with Crippen LogP contribution >= 0.6 is 11.3 Å². The summed E-state index contributed by atoms with van der Waals surface area (Å²) in [6.07, 6.45) is 0. The summed E-state index contributed by atoms with van der Waals surface area (Å²) in [5.41, 5.74) is 8.40. The predicted octanol–water partition coefficient (Wildman–Crippen LogP) is 3.24. The van der Waals surface area contributed by atoms with E-state index in [1.807, 2.05) is 29.8 Å². The van der Waals surface area contributed by atoms with Crippen LogP contribution in [0.3, 0.4) is 0 Å². The zero-order valence-corrected chi connectivity index (χ0v) is 9.22. The van der Waals surface area contributed by atoms with Crippen molar-refractivity contribution in [2.45, 2.75) is 13.0 Å². The first-order chi connectivity index (χ1) is 7.18. The summed E-state index contributed by atoms with van der Waals surface area (Å²) in [5, 5.41) is 3.89. The first kappa shape index (κ1) is 10.3. The molecule has 0 saturated heterocycles. The van der Waals surface area contributed by atoms with Gasteiger partial charge in [0.2, 0.25) is 0 Å². The number of hydrogen-bond acceptors (Lipinski definition) is 2. The Bertz CT molecular complexity index is 451. The summed E-state index contributed by atoms with van der Waals surface area (Å²) in [5.74, 6) is -0.228. The summed E-state index contributed by atoms with van der Waals surface area (Å²) in [4.78, 5) is 0. The molecule has 3 heteroatoms. The maximum Gasteiger partial charge on any atom is 0.128 e. The molecule has 0 radical (unpaired) electrons. The largest absolute Gasteiger partial charge is 0.320 e. The van der Waals surface area contributed by atoms with Crippen LogP contribution in [-0.2, 0) is 0 Å². The average molecular weight is 221 g/mol. The van der Waals surface area contributed by atoms with E-state index in [2.05, 4.69) is 0 Å². The van der Waals surface area contributed by atoms with Crippen molar-refractivity contribution in [1.29, 1.82) is 0 Å². The monoisotopic (exact) mass is 221 g/mol. The van der Waals surface area contributed by atoms with Gasteiger partial charge in [-0.25, -0.2) is 4.39 Å². The molecule has 78 valence electrons. The van der Waals surface area contributed by atoms with Crippen LogP contribution in [0.4, 0.5) is 4.39 Å². The molecular formula is C12H12FNS. The van der Waals surface area contributed by atoms with Gasteiger partial charge in [-0.2, -0.15) is 11.3 Å². The molecule has 0 aliphatic carbocycles. The first-order valence-electron chi connectivity index (χ1n) is 4.72. The van der Waals surface area contributed by atoms with Crippen molar-refractivity contribution in [3.63, 3.8) is 0 Å². The standard InChI is InChI=1S/C12H12FNS/c1-8-2-3-10(11(13)6-8)12(14)9-4-5-15-7-9/h2-7,12H,14H2,1H3. The van der Waals surface area contributed by atoms with Gasteiger partial charge in [0.1, 0.15) is 5.82 Å². The van der Waals surface area contributed by atoms with E-state index in [4.69, 9.17) is 5.73 Å². The maximum absolute atomic E-state index is 13.6. The molecule has 0 saturated carbocycles. The molecule has 1 nitrogen and oxygen atoms in total. The third-order valence-electron chi connectivity index (χ3n) is 2.39. The molecule has 2 aromatic rings. The summed E-state index contributed by atoms with van der Waals surface area (Å²) in [7, 11) is 0. The Morgan fingerprint density at radius 2 is 2.13 bits per heavy atom. The van der Waals surface area contributed by atoms with Gasteiger partial charge in [0.25, 0.3) is 0 Å². The van der Waals surface area contributed by atoms with Gasteiger partial charge in [0.05, 0.1) is 6.04 Å². The van der Waals surface area contributed by atoms with Crippen molar-refractivity contribution in [2.24, 2.45) is 5.73 Å². The number of nitrogens with two attached hydrogens (primary N) is 1. The third-order valence-corrected chi connectivity index (χ3v) is 3.09. The lowest BCUT2D eigenvalue weighted by atomic mass is 10.0. The van der Waals surface area contributed by atoms with Crippen LogP contribution in [0, 0.1) is 12.7 Å². The van der Waals surface area contributed by atoms with E-state index in [1.165, 1.54) is 6.07 Å². The molecule has 0 fully saturated rings. The normalized spacial score (nSPS) is 12.7. The zero-order valence-electron chi connectivity index (χ0n) is 8.41. The van der Waals surface area contributed by atoms with Crippen LogP contribution in [0.1, 0.15) is 22.7 Å². The SMILES string of the molecule is Cc1ccc(C(N)c2ccsc2)c(F)c1. The molecule has 1 heterocycles. The molecule has 0 aliphatic heterocycles. The Labute approximate surface area is 92.4 Å². The molecule has 0 amide bonds. The van der Waals surface area contributed by atoms with Gasteiger partial charge < -0.3 is 5.73 Å². The molecule has 2 rings (SSSR count). The molecule has 1 unspecified atom stereocenters. The second-order valence-electron chi connectivity index (χ2n) is 3.56. The van der Waals surface area contributed by atoms with Crippen LogP contribution < -0.4 is 5.73 Å². The molecule has 1 atom stereocenters. The van der Waals surface area contributed by atoms with Crippen LogP contribution in [0.2, 0.25) is 0 Å². The molecule has 15 heavy (non-hydrogen) atoms. The van der Waals surface area contributed by atoms with Gasteiger partial charge in [-0.1, -0.05) is 12.1 Å². The third kappa shape index (κ3) is 2.08. The van der Waals surface area contributed by atoms with E-state index < -0.39 is 0 Å². The van der Waals surface area contributed by atoms with Crippen molar-refractivity contribution < 1.29 is 4.39 Å². The number of benzene rings is 1. The van der Waals surface area contributed by atoms with Crippen molar-refractivity contribution in [3.8, 4) is 0 Å². The Morgan fingerprint density at radius 1 is 1.33 bits per heavy atom. The van der Waals surface area contributed by atoms with Gasteiger partial charge in [0.15, 0.2) is 0 Å². The molecule has 1 aromatic heterocycles. The predicted molar refractivity (Wildman–Crippen MR) is 61.5 cm³/mol. The number of thiophene rings is 1. The van der Waals surface area contributed by atoms with Crippen molar-refractivity contribution in [2.75, 3.05) is 0 Å². The second kappa shape index (κ2) is 4.13. The Kier molecular flexibility index (Phi) is 2.84. The van der Waals surface area contributed by atoms with Gasteiger partial charge in [-0.05, 0) is 40.9 Å². The van der Waals surface area contributed by atoms with Crippen molar-refractivity contribution in [3.05, 3.63) is 57.5 Å². The maximum atomic E-state index is 13.6. The summed E-state index contributed by atoms with van der Waals surface area (Å²) < 4.78 is 13.6. The quantitative estimate of drug-likeness (QED) is 0.827. The van der Waals surface area contributed by atoms with E-state index in [0.717, 1.165) is 11.1 Å². The molecule has 0 aliphatic rings. The van der Waals surface area contributed by atoms with Crippen LogP contribution in [0.5, 0.6) is 0 Å². The lowest BCUT2D eigenvalue weighted by Crippen LogP contribution is -2.12. The Balaban J connectivity index is 2.38. The fourth-order valence-corrected chi connectivity index (χ4v) is 2.21. The van der Waals surface area contributed by atoms with Gasteiger partial charge in [0, 0.05) is 5.56 Å². The number of halogens is 1. The number of rotatable bonds is 2. The Morgan fingerprint density at radius 3 is 2.73 bits per heavy atom. The fourth-order valence-electron chi connectivity index (χ4n) is 1.52. The van der Waals surface area contributed by atoms with Crippen LogP contribution in [-0.4, -0.2) is 0 Å². The smallest absolute Gasteiger partial charge is 0.128 e. The van der Waals surface area contributed by atoms with Crippen LogP contribution in [0.25, 0.3) is 0 Å². The summed E-state index contributed by atoms with van der Waals surface area (Å²) >= 11 is 1.57. The van der Waals surface area contributed by atoms with E-state index in [9.17, 15) is 4.39 Å². The highest BCUT2D eigenvalue weighted by atomic mass is 32.1. The number of aryl methyl sites for hydroxylation is 1. The first-order valence-corrected chi connectivity index (χ1v) is 5.66. The molecular weight excluding hydrogens is 209 g/mol. The minimum Gasteiger partial charge on any atom is -0.320 e. The molecule has 1 aromatic carbocycles. The van der Waals surface area contributed by atoms with Gasteiger partial charge in [-0.3, -0.25) is 0 Å². The molecule has 2 N–H and O–H groups in total. The highest BCUT2D eigenvalue weighted by Gasteiger charge is 2.13. The van der Waals surface area contributed by atoms with E-state index in [1.54, 1.807) is 17.4 Å². The molecule has 0 spiro atoms. The van der Waals surface area contributed by atoms with Crippen molar-refractivity contribution in [1.82, 2.24) is 0 Å². The van der Waals surface area contributed by atoms with Crippen LogP contribution in [0.15, 0.2) is 35.0 Å². The minimum atomic E-state index is -0.364. The highest BCUT2D eigenvalue weighted by Crippen LogP contribution is 2.24. The summed E-state index contributed by atoms with van der Waals surface area (Å²) in [6.45, 7) is 1.86. The fraction of sp³-hybridized carbons (Fsp3) is 0.167. The topological polar surface area (TPSA) is 26.0 Å². The van der Waals surface area contributed by atoms with E-state index >= 15 is 0 Å². The van der Waals surface area contributed by atoms with E-state index in [-0.39, 0.29) is 11.9 Å². The van der Waals surface area contributed by atoms with Gasteiger partial charge in [-0.15, -0.1) is 0 Å². The summed E-state index contributed by atoms with van der Waals surface area (Å²) in [6, 6.07) is 6.71. The lowest BCUT2D eigenvalue weighted by Gasteiger charge is -2.11. The lowest BCUT2D eigenvalue weighted by molar-refractivity contribution is 0.599. The van der Waals surface area contributed by atoms with E-state index in [0.29, 0.717) is 5.56 Å². The average Bonchev–Trinajstić information content (AvgIpc) is 2.69. The Hall–Kier alpha value is -1.19. The van der Waals surface area contributed by atoms with Gasteiger partial charge >= 0.3 is 0 Å². The highest BCUT2D eigenvalue weighted by molar-refractivity contribution is 7.08. The second-order valence-corrected chi connectivity index (χ2v) is 4.34.